The number of hydrogen-bond donors (Lipinski definition) is 1. The molecule has 1 atom stereocenters. The van der Waals surface area contributed by atoms with Gasteiger partial charge in [-0.15, -0.1) is 0 Å². The van der Waals surface area contributed by atoms with Crippen LogP contribution >= 0.6 is 11.6 Å². The Bertz CT molecular complexity index is 530. The fourth-order valence-electron chi connectivity index (χ4n) is 2.46. The van der Waals surface area contributed by atoms with E-state index >= 15 is 0 Å². The molecular formula is C19H24ClN. The second kappa shape index (κ2) is 8.21. The highest BCUT2D eigenvalue weighted by Crippen LogP contribution is 2.15. The van der Waals surface area contributed by atoms with Gasteiger partial charge in [0, 0.05) is 11.1 Å². The minimum absolute atomic E-state index is 0.382. The lowest BCUT2D eigenvalue weighted by molar-refractivity contribution is 0.576. The Balaban J connectivity index is 1.81. The third kappa shape index (κ3) is 5.18. The van der Waals surface area contributed by atoms with Crippen molar-refractivity contribution in [1.82, 2.24) is 5.32 Å². The lowest BCUT2D eigenvalue weighted by Crippen LogP contribution is -2.21. The van der Waals surface area contributed by atoms with E-state index in [9.17, 15) is 0 Å². The van der Waals surface area contributed by atoms with Crippen LogP contribution in [0.5, 0.6) is 0 Å². The maximum atomic E-state index is 5.90. The smallest absolute Gasteiger partial charge is 0.0406 e. The van der Waals surface area contributed by atoms with Gasteiger partial charge < -0.3 is 5.32 Å². The van der Waals surface area contributed by atoms with E-state index in [0.717, 1.165) is 18.0 Å². The Kier molecular flexibility index (Phi) is 6.28. The first-order valence-electron chi connectivity index (χ1n) is 7.75. The minimum Gasteiger partial charge on any atom is -0.310 e. The molecule has 0 fully saturated rings. The van der Waals surface area contributed by atoms with Gasteiger partial charge in [0.2, 0.25) is 0 Å². The maximum Gasteiger partial charge on any atom is 0.0406 e. The zero-order valence-electron chi connectivity index (χ0n) is 12.9. The highest BCUT2D eigenvalue weighted by atomic mass is 35.5. The summed E-state index contributed by atoms with van der Waals surface area (Å²) in [5.41, 5.74) is 4.10. The topological polar surface area (TPSA) is 12.0 Å². The molecule has 0 saturated carbocycles. The Labute approximate surface area is 133 Å². The molecule has 0 aliphatic heterocycles. The molecule has 21 heavy (non-hydrogen) atoms. The molecule has 0 saturated heterocycles. The van der Waals surface area contributed by atoms with Crippen molar-refractivity contribution < 1.29 is 0 Å². The number of benzene rings is 2. The first-order chi connectivity index (χ1) is 10.2. The molecule has 0 radical (unpaired) electrons. The van der Waals surface area contributed by atoms with Crippen molar-refractivity contribution in [3.8, 4) is 0 Å². The average Bonchev–Trinajstić information content (AvgIpc) is 2.50. The molecule has 2 rings (SSSR count). The Morgan fingerprint density at radius 1 is 0.905 bits per heavy atom. The standard InChI is InChI=1S/C19H24ClN/c1-3-4-16-5-9-18(10-6-16)15(2)21-14-13-17-7-11-19(20)12-8-17/h5-12,15,21H,3-4,13-14H2,1-2H3. The van der Waals surface area contributed by atoms with Crippen LogP contribution in [0, 0.1) is 0 Å². The molecule has 0 aromatic heterocycles. The van der Waals surface area contributed by atoms with Crippen LogP contribution in [-0.4, -0.2) is 6.54 Å². The van der Waals surface area contributed by atoms with E-state index in [4.69, 9.17) is 11.6 Å². The summed E-state index contributed by atoms with van der Waals surface area (Å²) in [4.78, 5) is 0. The van der Waals surface area contributed by atoms with Crippen LogP contribution in [0.1, 0.15) is 43.0 Å². The van der Waals surface area contributed by atoms with E-state index in [1.54, 1.807) is 0 Å². The van der Waals surface area contributed by atoms with Crippen molar-refractivity contribution in [2.45, 2.75) is 39.2 Å². The summed E-state index contributed by atoms with van der Waals surface area (Å²) in [6.45, 7) is 5.41. The van der Waals surface area contributed by atoms with Crippen LogP contribution in [0.15, 0.2) is 48.5 Å². The highest BCUT2D eigenvalue weighted by molar-refractivity contribution is 6.30. The van der Waals surface area contributed by atoms with E-state index in [2.05, 4.69) is 55.6 Å². The summed E-state index contributed by atoms with van der Waals surface area (Å²) in [5, 5.41) is 4.38. The van der Waals surface area contributed by atoms with Crippen LogP contribution in [0.25, 0.3) is 0 Å². The molecule has 0 bridgehead atoms. The van der Waals surface area contributed by atoms with Crippen molar-refractivity contribution >= 4 is 11.6 Å². The molecule has 2 aromatic rings. The summed E-state index contributed by atoms with van der Waals surface area (Å²) in [5.74, 6) is 0. The molecule has 0 aliphatic carbocycles. The molecule has 1 unspecified atom stereocenters. The molecule has 0 aliphatic rings. The number of halogens is 1. The van der Waals surface area contributed by atoms with Gasteiger partial charge in [0.15, 0.2) is 0 Å². The van der Waals surface area contributed by atoms with Crippen molar-refractivity contribution in [3.05, 3.63) is 70.2 Å². The van der Waals surface area contributed by atoms with Gasteiger partial charge >= 0.3 is 0 Å². The molecular weight excluding hydrogens is 278 g/mol. The minimum atomic E-state index is 0.382. The molecule has 0 heterocycles. The fourth-order valence-corrected chi connectivity index (χ4v) is 2.59. The summed E-state index contributed by atoms with van der Waals surface area (Å²) < 4.78 is 0. The van der Waals surface area contributed by atoms with Gasteiger partial charge in [-0.25, -0.2) is 0 Å². The molecule has 2 heteroatoms. The summed E-state index contributed by atoms with van der Waals surface area (Å²) in [7, 11) is 0. The second-order valence-corrected chi connectivity index (χ2v) is 5.98. The van der Waals surface area contributed by atoms with Crippen LogP contribution < -0.4 is 5.32 Å². The second-order valence-electron chi connectivity index (χ2n) is 5.54. The van der Waals surface area contributed by atoms with E-state index in [-0.39, 0.29) is 0 Å². The zero-order valence-corrected chi connectivity index (χ0v) is 13.7. The van der Waals surface area contributed by atoms with Crippen LogP contribution in [0.4, 0.5) is 0 Å². The normalized spacial score (nSPS) is 12.3. The number of hydrogen-bond acceptors (Lipinski definition) is 1. The molecule has 2 aromatic carbocycles. The average molecular weight is 302 g/mol. The zero-order chi connectivity index (χ0) is 15.1. The van der Waals surface area contributed by atoms with Crippen molar-refractivity contribution in [2.75, 3.05) is 6.54 Å². The Morgan fingerprint density at radius 2 is 1.48 bits per heavy atom. The van der Waals surface area contributed by atoms with E-state index in [1.165, 1.54) is 29.5 Å². The number of nitrogens with one attached hydrogen (secondary N) is 1. The SMILES string of the molecule is CCCc1ccc(C(C)NCCc2ccc(Cl)cc2)cc1. The lowest BCUT2D eigenvalue weighted by Gasteiger charge is -2.15. The van der Waals surface area contributed by atoms with Crippen LogP contribution in [0.2, 0.25) is 5.02 Å². The first-order valence-corrected chi connectivity index (χ1v) is 8.13. The Morgan fingerprint density at radius 3 is 2.10 bits per heavy atom. The lowest BCUT2D eigenvalue weighted by atomic mass is 10.0. The summed E-state index contributed by atoms with van der Waals surface area (Å²) >= 11 is 5.90. The predicted octanol–water partition coefficient (Wildman–Crippen LogP) is 5.19. The summed E-state index contributed by atoms with van der Waals surface area (Å²) in [6, 6.07) is 17.4. The van der Waals surface area contributed by atoms with E-state index in [1.807, 2.05) is 12.1 Å². The van der Waals surface area contributed by atoms with Gasteiger partial charge in [-0.05, 0) is 55.1 Å². The maximum absolute atomic E-state index is 5.90. The number of rotatable bonds is 7. The van der Waals surface area contributed by atoms with Crippen LogP contribution in [-0.2, 0) is 12.8 Å². The van der Waals surface area contributed by atoms with Gasteiger partial charge in [0.1, 0.15) is 0 Å². The summed E-state index contributed by atoms with van der Waals surface area (Å²) in [6.07, 6.45) is 3.39. The number of aryl methyl sites for hydroxylation is 1. The van der Waals surface area contributed by atoms with Gasteiger partial charge in [0.25, 0.3) is 0 Å². The fraction of sp³-hybridized carbons (Fsp3) is 0.368. The van der Waals surface area contributed by atoms with E-state index in [0.29, 0.717) is 6.04 Å². The van der Waals surface area contributed by atoms with Gasteiger partial charge in [-0.1, -0.05) is 61.3 Å². The van der Waals surface area contributed by atoms with Gasteiger partial charge in [-0.2, -0.15) is 0 Å². The molecule has 1 nitrogen and oxygen atoms in total. The van der Waals surface area contributed by atoms with Crippen molar-refractivity contribution in [3.63, 3.8) is 0 Å². The van der Waals surface area contributed by atoms with Crippen LogP contribution in [0.3, 0.4) is 0 Å². The largest absolute Gasteiger partial charge is 0.310 e. The third-order valence-electron chi connectivity index (χ3n) is 3.80. The van der Waals surface area contributed by atoms with E-state index < -0.39 is 0 Å². The quantitative estimate of drug-likeness (QED) is 0.742. The molecule has 112 valence electrons. The third-order valence-corrected chi connectivity index (χ3v) is 4.05. The predicted molar refractivity (Wildman–Crippen MR) is 92.0 cm³/mol. The monoisotopic (exact) mass is 301 g/mol. The highest BCUT2D eigenvalue weighted by Gasteiger charge is 2.04. The first kappa shape index (κ1) is 16.1. The Hall–Kier alpha value is -1.31. The molecule has 0 spiro atoms. The molecule has 1 N–H and O–H groups in total. The van der Waals surface area contributed by atoms with Crippen molar-refractivity contribution in [1.29, 1.82) is 0 Å². The molecule has 0 amide bonds. The van der Waals surface area contributed by atoms with Gasteiger partial charge in [0.05, 0.1) is 0 Å². The van der Waals surface area contributed by atoms with Crippen molar-refractivity contribution in [2.24, 2.45) is 0 Å². The van der Waals surface area contributed by atoms with Gasteiger partial charge in [-0.3, -0.25) is 0 Å².